The van der Waals surface area contributed by atoms with Crippen LogP contribution in [-0.4, -0.2) is 43.0 Å². The van der Waals surface area contributed by atoms with Gasteiger partial charge in [-0.2, -0.15) is 0 Å². The number of hydrogen-bond donors (Lipinski definition) is 1. The predicted octanol–water partition coefficient (Wildman–Crippen LogP) is 3.51. The summed E-state index contributed by atoms with van der Waals surface area (Å²) < 4.78 is 11.0. The Morgan fingerprint density at radius 3 is 2.59 bits per heavy atom. The van der Waals surface area contributed by atoms with E-state index in [1.54, 1.807) is 12.0 Å². The van der Waals surface area contributed by atoms with Crippen molar-refractivity contribution in [2.75, 3.05) is 25.5 Å². The number of methoxy groups -OCH3 is 1. The van der Waals surface area contributed by atoms with Crippen LogP contribution >= 0.6 is 0 Å². The van der Waals surface area contributed by atoms with Gasteiger partial charge in [-0.05, 0) is 56.2 Å². The van der Waals surface area contributed by atoms with Gasteiger partial charge < -0.3 is 19.7 Å². The second-order valence-electron chi connectivity index (χ2n) is 7.48. The van der Waals surface area contributed by atoms with E-state index in [1.807, 2.05) is 62.4 Å². The van der Waals surface area contributed by atoms with Gasteiger partial charge in [-0.25, -0.2) is 0 Å². The van der Waals surface area contributed by atoms with Gasteiger partial charge in [0.2, 0.25) is 11.8 Å². The van der Waals surface area contributed by atoms with Crippen molar-refractivity contribution >= 4 is 17.5 Å². The Bertz CT molecular complexity index is 848. The molecule has 1 heterocycles. The number of benzene rings is 2. The molecule has 6 heteroatoms. The van der Waals surface area contributed by atoms with Gasteiger partial charge in [-0.15, -0.1) is 0 Å². The topological polar surface area (TPSA) is 67.9 Å². The molecule has 0 bridgehead atoms. The largest absolute Gasteiger partial charge is 0.496 e. The lowest BCUT2D eigenvalue weighted by Gasteiger charge is -2.17. The summed E-state index contributed by atoms with van der Waals surface area (Å²) in [7, 11) is 1.64. The summed E-state index contributed by atoms with van der Waals surface area (Å²) in [6.45, 7) is 4.94. The molecule has 1 atom stereocenters. The molecule has 0 spiro atoms. The van der Waals surface area contributed by atoms with Gasteiger partial charge in [-0.3, -0.25) is 9.59 Å². The molecule has 3 rings (SSSR count). The number of ether oxygens (including phenoxy) is 2. The van der Waals surface area contributed by atoms with Crippen molar-refractivity contribution in [1.82, 2.24) is 4.90 Å². The van der Waals surface area contributed by atoms with E-state index in [0.29, 0.717) is 25.2 Å². The Kier molecular flexibility index (Phi) is 6.75. The monoisotopic (exact) mass is 396 g/mol. The quantitative estimate of drug-likeness (QED) is 0.741. The first-order valence-electron chi connectivity index (χ1n) is 9.93. The minimum Gasteiger partial charge on any atom is -0.496 e. The van der Waals surface area contributed by atoms with Crippen LogP contribution in [0.25, 0.3) is 0 Å². The zero-order valence-corrected chi connectivity index (χ0v) is 17.2. The molecule has 0 radical (unpaired) electrons. The predicted molar refractivity (Wildman–Crippen MR) is 112 cm³/mol. The fourth-order valence-electron chi connectivity index (χ4n) is 3.46. The third-order valence-electron chi connectivity index (χ3n) is 4.92. The van der Waals surface area contributed by atoms with Crippen molar-refractivity contribution in [3.8, 4) is 11.5 Å². The molecule has 1 N–H and O–H groups in total. The highest BCUT2D eigenvalue weighted by molar-refractivity contribution is 5.97. The van der Waals surface area contributed by atoms with Crippen LogP contribution in [0, 0.1) is 5.92 Å². The molecule has 1 aliphatic rings. The van der Waals surface area contributed by atoms with E-state index in [2.05, 4.69) is 5.32 Å². The third kappa shape index (κ3) is 5.50. The molecular weight excluding hydrogens is 368 g/mol. The van der Waals surface area contributed by atoms with E-state index in [9.17, 15) is 9.59 Å². The van der Waals surface area contributed by atoms with Crippen LogP contribution in [0.1, 0.15) is 25.8 Å². The third-order valence-corrected chi connectivity index (χ3v) is 4.92. The summed E-state index contributed by atoms with van der Waals surface area (Å²) >= 11 is 0. The van der Waals surface area contributed by atoms with Crippen molar-refractivity contribution in [2.45, 2.75) is 32.8 Å². The molecule has 6 nitrogen and oxygen atoms in total. The highest BCUT2D eigenvalue weighted by atomic mass is 16.5. The van der Waals surface area contributed by atoms with Crippen LogP contribution in [-0.2, 0) is 16.0 Å². The lowest BCUT2D eigenvalue weighted by molar-refractivity contribution is -0.128. The number of amides is 2. The van der Waals surface area contributed by atoms with Gasteiger partial charge in [0.1, 0.15) is 11.5 Å². The molecule has 1 unspecified atom stereocenters. The Hall–Kier alpha value is -3.02. The zero-order valence-electron chi connectivity index (χ0n) is 17.2. The number of nitrogens with zero attached hydrogens (tertiary/aromatic N) is 1. The van der Waals surface area contributed by atoms with Gasteiger partial charge in [0.25, 0.3) is 0 Å². The fourth-order valence-corrected chi connectivity index (χ4v) is 3.46. The van der Waals surface area contributed by atoms with Crippen LogP contribution in [0.3, 0.4) is 0 Å². The first-order chi connectivity index (χ1) is 14.0. The lowest BCUT2D eigenvalue weighted by atomic mass is 10.1. The van der Waals surface area contributed by atoms with Crippen molar-refractivity contribution < 1.29 is 19.1 Å². The molecule has 0 aromatic heterocycles. The molecule has 2 amide bonds. The van der Waals surface area contributed by atoms with Crippen LogP contribution < -0.4 is 14.8 Å². The molecule has 1 fully saturated rings. The van der Waals surface area contributed by atoms with Gasteiger partial charge in [-0.1, -0.05) is 18.2 Å². The Morgan fingerprint density at radius 2 is 1.90 bits per heavy atom. The van der Waals surface area contributed by atoms with Gasteiger partial charge in [0.05, 0.1) is 19.1 Å². The van der Waals surface area contributed by atoms with Crippen LogP contribution in [0.4, 0.5) is 5.69 Å². The van der Waals surface area contributed by atoms with Crippen molar-refractivity contribution in [3.05, 3.63) is 54.1 Å². The number of rotatable bonds is 8. The number of anilines is 1. The second kappa shape index (κ2) is 9.45. The van der Waals surface area contributed by atoms with Crippen LogP contribution in [0.15, 0.2) is 48.5 Å². The first kappa shape index (κ1) is 20.7. The normalized spacial score (nSPS) is 16.2. The fraction of sp³-hybridized carbons (Fsp3) is 0.391. The maximum Gasteiger partial charge on any atom is 0.229 e. The first-order valence-corrected chi connectivity index (χ1v) is 9.93. The minimum absolute atomic E-state index is 0.0146. The summed E-state index contributed by atoms with van der Waals surface area (Å²) in [6, 6.07) is 15.1. The number of hydrogen-bond acceptors (Lipinski definition) is 4. The van der Waals surface area contributed by atoms with Crippen molar-refractivity contribution in [1.29, 1.82) is 0 Å². The molecule has 29 heavy (non-hydrogen) atoms. The Morgan fingerprint density at radius 1 is 1.17 bits per heavy atom. The average Bonchev–Trinajstić information content (AvgIpc) is 3.08. The molecule has 2 aromatic rings. The van der Waals surface area contributed by atoms with Crippen molar-refractivity contribution in [2.24, 2.45) is 5.92 Å². The minimum atomic E-state index is -0.341. The smallest absolute Gasteiger partial charge is 0.229 e. The Balaban J connectivity index is 1.53. The van der Waals surface area contributed by atoms with Gasteiger partial charge in [0.15, 0.2) is 0 Å². The summed E-state index contributed by atoms with van der Waals surface area (Å²) in [5.74, 6) is 1.12. The molecule has 1 aliphatic heterocycles. The van der Waals surface area contributed by atoms with E-state index in [0.717, 1.165) is 17.1 Å². The standard InChI is InChI=1S/C23H28N2O4/c1-16(2)29-20-10-8-19(9-11-20)24-23(27)18-14-22(26)25(15-18)13-12-17-6-4-5-7-21(17)28-3/h4-11,16,18H,12-15H2,1-3H3,(H,24,27). The van der Waals surface area contributed by atoms with E-state index >= 15 is 0 Å². The van der Waals surface area contributed by atoms with Crippen LogP contribution in [0.2, 0.25) is 0 Å². The van der Waals surface area contributed by atoms with E-state index in [4.69, 9.17) is 9.47 Å². The number of likely N-dealkylation sites (tertiary alicyclic amines) is 1. The number of carbonyl (C=O) groups excluding carboxylic acids is 2. The van der Waals surface area contributed by atoms with Crippen molar-refractivity contribution in [3.63, 3.8) is 0 Å². The molecule has 0 saturated carbocycles. The van der Waals surface area contributed by atoms with Crippen LogP contribution in [0.5, 0.6) is 11.5 Å². The summed E-state index contributed by atoms with van der Waals surface area (Å²) in [6.07, 6.45) is 1.04. The molecular formula is C23H28N2O4. The van der Waals surface area contributed by atoms with E-state index < -0.39 is 0 Å². The van der Waals surface area contributed by atoms with E-state index in [-0.39, 0.29) is 30.3 Å². The summed E-state index contributed by atoms with van der Waals surface area (Å²) in [5.41, 5.74) is 1.76. The Labute approximate surface area is 171 Å². The van der Waals surface area contributed by atoms with E-state index in [1.165, 1.54) is 0 Å². The van der Waals surface area contributed by atoms with Gasteiger partial charge in [0, 0.05) is 25.2 Å². The average molecular weight is 396 g/mol. The second-order valence-corrected chi connectivity index (χ2v) is 7.48. The number of carbonyl (C=O) groups is 2. The SMILES string of the molecule is COc1ccccc1CCN1CC(C(=O)Nc2ccc(OC(C)C)cc2)CC1=O. The molecule has 1 saturated heterocycles. The highest BCUT2D eigenvalue weighted by Gasteiger charge is 2.34. The lowest BCUT2D eigenvalue weighted by Crippen LogP contribution is -2.30. The maximum absolute atomic E-state index is 12.6. The summed E-state index contributed by atoms with van der Waals surface area (Å²) in [5, 5.41) is 2.90. The summed E-state index contributed by atoms with van der Waals surface area (Å²) in [4.78, 5) is 26.7. The molecule has 2 aromatic carbocycles. The number of para-hydroxylation sites is 1. The number of nitrogens with one attached hydrogen (secondary N) is 1. The highest BCUT2D eigenvalue weighted by Crippen LogP contribution is 2.23. The van der Waals surface area contributed by atoms with Gasteiger partial charge >= 0.3 is 0 Å². The maximum atomic E-state index is 12.6. The molecule has 154 valence electrons. The zero-order chi connectivity index (χ0) is 20.8. The molecule has 0 aliphatic carbocycles.